The summed E-state index contributed by atoms with van der Waals surface area (Å²) in [5.74, 6) is 0. The van der Waals surface area contributed by atoms with E-state index in [0.717, 1.165) is 19.8 Å². The molecule has 4 heteroatoms. The molecular weight excluding hydrogens is 226 g/mol. The minimum absolute atomic E-state index is 0.690. The highest BCUT2D eigenvalue weighted by Gasteiger charge is 2.19. The minimum atomic E-state index is 0.690. The standard InChI is InChI=1S/C14H29N3O/c1-13(2)17-9-7-16(8-10-17)6-5-15-14-3-11-18-12-4-14/h13-15H,3-12H2,1-2H3. The summed E-state index contributed by atoms with van der Waals surface area (Å²) in [6.07, 6.45) is 2.36. The molecule has 2 saturated heterocycles. The normalized spacial score (nSPS) is 24.8. The maximum atomic E-state index is 5.37. The molecule has 0 amide bonds. The van der Waals surface area contributed by atoms with E-state index >= 15 is 0 Å². The fourth-order valence-electron chi connectivity index (χ4n) is 2.83. The van der Waals surface area contributed by atoms with Crippen LogP contribution < -0.4 is 5.32 Å². The smallest absolute Gasteiger partial charge is 0.0480 e. The summed E-state index contributed by atoms with van der Waals surface area (Å²) in [4.78, 5) is 5.16. The predicted molar refractivity (Wildman–Crippen MR) is 75.0 cm³/mol. The molecule has 2 heterocycles. The van der Waals surface area contributed by atoms with Crippen LogP contribution in [0.1, 0.15) is 26.7 Å². The zero-order chi connectivity index (χ0) is 12.8. The van der Waals surface area contributed by atoms with Crippen LogP contribution in [0, 0.1) is 0 Å². The van der Waals surface area contributed by atoms with E-state index in [1.165, 1.54) is 45.6 Å². The number of hydrogen-bond donors (Lipinski definition) is 1. The third-order valence-corrected chi connectivity index (χ3v) is 4.22. The summed E-state index contributed by atoms with van der Waals surface area (Å²) in [6.45, 7) is 13.7. The number of nitrogens with one attached hydrogen (secondary N) is 1. The number of hydrogen-bond acceptors (Lipinski definition) is 4. The zero-order valence-electron chi connectivity index (χ0n) is 12.0. The second kappa shape index (κ2) is 7.43. The Morgan fingerprint density at radius 3 is 2.39 bits per heavy atom. The van der Waals surface area contributed by atoms with E-state index in [2.05, 4.69) is 29.0 Å². The third kappa shape index (κ3) is 4.50. The quantitative estimate of drug-likeness (QED) is 0.786. The van der Waals surface area contributed by atoms with Gasteiger partial charge in [0.25, 0.3) is 0 Å². The first-order valence-corrected chi connectivity index (χ1v) is 7.53. The summed E-state index contributed by atoms with van der Waals surface area (Å²) >= 11 is 0. The van der Waals surface area contributed by atoms with Crippen molar-refractivity contribution in [2.45, 2.75) is 38.8 Å². The van der Waals surface area contributed by atoms with Crippen molar-refractivity contribution in [2.75, 3.05) is 52.5 Å². The predicted octanol–water partition coefficient (Wildman–Crippen LogP) is 0.781. The Bertz CT molecular complexity index is 221. The van der Waals surface area contributed by atoms with Gasteiger partial charge >= 0.3 is 0 Å². The largest absolute Gasteiger partial charge is 0.381 e. The fraction of sp³-hybridized carbons (Fsp3) is 1.00. The molecule has 2 aliphatic heterocycles. The minimum Gasteiger partial charge on any atom is -0.381 e. The molecule has 0 aromatic heterocycles. The van der Waals surface area contributed by atoms with Gasteiger partial charge in [0.2, 0.25) is 0 Å². The number of rotatable bonds is 5. The van der Waals surface area contributed by atoms with E-state index in [0.29, 0.717) is 12.1 Å². The Labute approximate surface area is 112 Å². The van der Waals surface area contributed by atoms with E-state index in [1.807, 2.05) is 0 Å². The fourth-order valence-corrected chi connectivity index (χ4v) is 2.83. The van der Waals surface area contributed by atoms with Crippen molar-refractivity contribution in [1.82, 2.24) is 15.1 Å². The first kappa shape index (κ1) is 14.3. The molecule has 0 bridgehead atoms. The Balaban J connectivity index is 1.55. The molecule has 0 aromatic carbocycles. The molecular formula is C14H29N3O. The van der Waals surface area contributed by atoms with Crippen LogP contribution in [0.5, 0.6) is 0 Å². The molecule has 0 atom stereocenters. The highest BCUT2D eigenvalue weighted by molar-refractivity contribution is 4.76. The van der Waals surface area contributed by atoms with Crippen LogP contribution in [0.2, 0.25) is 0 Å². The second-order valence-corrected chi connectivity index (χ2v) is 5.81. The molecule has 0 spiro atoms. The van der Waals surface area contributed by atoms with Gasteiger partial charge < -0.3 is 10.1 Å². The first-order chi connectivity index (χ1) is 8.75. The summed E-state index contributed by atoms with van der Waals surface area (Å²) in [5, 5.41) is 3.67. The van der Waals surface area contributed by atoms with Crippen LogP contribution in [0.3, 0.4) is 0 Å². The van der Waals surface area contributed by atoms with Gasteiger partial charge in [0.05, 0.1) is 0 Å². The molecule has 18 heavy (non-hydrogen) atoms. The average Bonchev–Trinajstić information content (AvgIpc) is 2.40. The van der Waals surface area contributed by atoms with Gasteiger partial charge in [0.15, 0.2) is 0 Å². The Hall–Kier alpha value is -0.160. The first-order valence-electron chi connectivity index (χ1n) is 7.53. The van der Waals surface area contributed by atoms with E-state index in [4.69, 9.17) is 4.74 Å². The highest BCUT2D eigenvalue weighted by Crippen LogP contribution is 2.07. The molecule has 2 aliphatic rings. The Morgan fingerprint density at radius 1 is 1.11 bits per heavy atom. The highest BCUT2D eigenvalue weighted by atomic mass is 16.5. The molecule has 0 radical (unpaired) electrons. The molecule has 1 N–H and O–H groups in total. The van der Waals surface area contributed by atoms with Crippen LogP contribution >= 0.6 is 0 Å². The van der Waals surface area contributed by atoms with Crippen molar-refractivity contribution in [1.29, 1.82) is 0 Å². The van der Waals surface area contributed by atoms with E-state index < -0.39 is 0 Å². The number of ether oxygens (including phenoxy) is 1. The summed E-state index contributed by atoms with van der Waals surface area (Å²) < 4.78 is 5.37. The monoisotopic (exact) mass is 255 g/mol. The van der Waals surface area contributed by atoms with Crippen LogP contribution in [0.15, 0.2) is 0 Å². The third-order valence-electron chi connectivity index (χ3n) is 4.22. The van der Waals surface area contributed by atoms with Crippen molar-refractivity contribution >= 4 is 0 Å². The SMILES string of the molecule is CC(C)N1CCN(CCNC2CCOCC2)CC1. The van der Waals surface area contributed by atoms with Gasteiger partial charge in [-0.1, -0.05) is 0 Å². The Morgan fingerprint density at radius 2 is 1.78 bits per heavy atom. The van der Waals surface area contributed by atoms with Gasteiger partial charge in [-0.15, -0.1) is 0 Å². The summed E-state index contributed by atoms with van der Waals surface area (Å²) in [6, 6.07) is 1.39. The Kier molecular flexibility index (Phi) is 5.89. The topological polar surface area (TPSA) is 27.7 Å². The lowest BCUT2D eigenvalue weighted by Gasteiger charge is -2.37. The van der Waals surface area contributed by atoms with Crippen molar-refractivity contribution in [3.05, 3.63) is 0 Å². The lowest BCUT2D eigenvalue weighted by Crippen LogP contribution is -2.50. The van der Waals surface area contributed by atoms with Crippen LogP contribution in [0.25, 0.3) is 0 Å². The maximum absolute atomic E-state index is 5.37. The molecule has 0 aromatic rings. The van der Waals surface area contributed by atoms with Gasteiger partial charge in [-0.05, 0) is 26.7 Å². The second-order valence-electron chi connectivity index (χ2n) is 5.81. The number of piperazine rings is 1. The van der Waals surface area contributed by atoms with Gasteiger partial charge in [-0.25, -0.2) is 0 Å². The van der Waals surface area contributed by atoms with Crippen molar-refractivity contribution in [2.24, 2.45) is 0 Å². The molecule has 0 aliphatic carbocycles. The molecule has 2 rings (SSSR count). The van der Waals surface area contributed by atoms with Gasteiger partial charge in [0.1, 0.15) is 0 Å². The average molecular weight is 255 g/mol. The lowest BCUT2D eigenvalue weighted by molar-refractivity contribution is 0.0748. The maximum Gasteiger partial charge on any atom is 0.0480 e. The lowest BCUT2D eigenvalue weighted by atomic mass is 10.1. The molecule has 4 nitrogen and oxygen atoms in total. The van der Waals surface area contributed by atoms with Gasteiger partial charge in [-0.2, -0.15) is 0 Å². The molecule has 0 unspecified atom stereocenters. The molecule has 2 fully saturated rings. The summed E-state index contributed by atoms with van der Waals surface area (Å²) in [7, 11) is 0. The van der Waals surface area contributed by atoms with Gasteiger partial charge in [0, 0.05) is 64.6 Å². The molecule has 0 saturated carbocycles. The van der Waals surface area contributed by atoms with E-state index in [1.54, 1.807) is 0 Å². The zero-order valence-corrected chi connectivity index (χ0v) is 12.0. The molecule has 106 valence electrons. The van der Waals surface area contributed by atoms with Crippen LogP contribution in [-0.2, 0) is 4.74 Å². The van der Waals surface area contributed by atoms with Crippen LogP contribution in [0.4, 0.5) is 0 Å². The van der Waals surface area contributed by atoms with Crippen LogP contribution in [-0.4, -0.2) is 74.4 Å². The summed E-state index contributed by atoms with van der Waals surface area (Å²) in [5.41, 5.74) is 0. The van der Waals surface area contributed by atoms with E-state index in [-0.39, 0.29) is 0 Å². The van der Waals surface area contributed by atoms with Crippen molar-refractivity contribution in [3.8, 4) is 0 Å². The van der Waals surface area contributed by atoms with E-state index in [9.17, 15) is 0 Å². The van der Waals surface area contributed by atoms with Crippen molar-refractivity contribution < 1.29 is 4.74 Å². The van der Waals surface area contributed by atoms with Gasteiger partial charge in [-0.3, -0.25) is 9.80 Å². The number of nitrogens with zero attached hydrogens (tertiary/aromatic N) is 2. The van der Waals surface area contributed by atoms with Crippen molar-refractivity contribution in [3.63, 3.8) is 0 Å².